The molecule has 0 saturated heterocycles. The average Bonchev–Trinajstić information content (AvgIpc) is 2.67. The van der Waals surface area contributed by atoms with Crippen molar-refractivity contribution in [1.82, 2.24) is 10.6 Å². The second kappa shape index (κ2) is 6.47. The molecule has 0 radical (unpaired) electrons. The Kier molecular flexibility index (Phi) is 4.04. The first-order valence-corrected chi connectivity index (χ1v) is 10.3. The molecule has 4 aliphatic rings. The molecule has 0 aromatic heterocycles. The van der Waals surface area contributed by atoms with Crippen LogP contribution in [0.25, 0.3) is 0 Å². The molecule has 4 fully saturated rings. The number of amides is 2. The molecule has 4 saturated carbocycles. The molecular formula is C24H26N2O2. The Labute approximate surface area is 165 Å². The SMILES string of the molecule is O=C(NC12CC3CC(C1)CC(NC(=O)c1ccccc1)(C3)C2)c1ccccc1. The maximum absolute atomic E-state index is 12.9. The molecule has 4 aliphatic carbocycles. The van der Waals surface area contributed by atoms with E-state index in [1.807, 2.05) is 60.7 Å². The van der Waals surface area contributed by atoms with Gasteiger partial charge in [0.2, 0.25) is 0 Å². The minimum atomic E-state index is -0.193. The Morgan fingerprint density at radius 1 is 0.679 bits per heavy atom. The summed E-state index contributed by atoms with van der Waals surface area (Å²) in [5, 5.41) is 6.78. The van der Waals surface area contributed by atoms with Crippen LogP contribution in [0.1, 0.15) is 59.2 Å². The maximum Gasteiger partial charge on any atom is 0.251 e. The normalized spacial score (nSPS) is 32.7. The number of carbonyl (C=O) groups excluding carboxylic acids is 2. The molecule has 28 heavy (non-hydrogen) atoms. The predicted octanol–water partition coefficient (Wildman–Crippen LogP) is 3.94. The zero-order valence-corrected chi connectivity index (χ0v) is 16.0. The predicted molar refractivity (Wildman–Crippen MR) is 108 cm³/mol. The quantitative estimate of drug-likeness (QED) is 0.852. The topological polar surface area (TPSA) is 58.2 Å². The van der Waals surface area contributed by atoms with E-state index in [2.05, 4.69) is 10.6 Å². The van der Waals surface area contributed by atoms with E-state index < -0.39 is 0 Å². The van der Waals surface area contributed by atoms with Crippen molar-refractivity contribution < 1.29 is 9.59 Å². The fourth-order valence-corrected chi connectivity index (χ4v) is 6.36. The summed E-state index contributed by atoms with van der Waals surface area (Å²) in [7, 11) is 0. The van der Waals surface area contributed by atoms with Crippen LogP contribution in [0.2, 0.25) is 0 Å². The van der Waals surface area contributed by atoms with Crippen LogP contribution in [0.15, 0.2) is 60.7 Å². The van der Waals surface area contributed by atoms with E-state index in [0.717, 1.165) is 32.1 Å². The van der Waals surface area contributed by atoms with Crippen LogP contribution >= 0.6 is 0 Å². The Morgan fingerprint density at radius 3 is 1.46 bits per heavy atom. The van der Waals surface area contributed by atoms with Crippen molar-refractivity contribution in [3.63, 3.8) is 0 Å². The van der Waals surface area contributed by atoms with Gasteiger partial charge in [-0.05, 0) is 74.6 Å². The Morgan fingerprint density at radius 2 is 1.07 bits per heavy atom. The molecule has 4 nitrogen and oxygen atoms in total. The molecule has 0 aliphatic heterocycles. The summed E-state index contributed by atoms with van der Waals surface area (Å²) in [6.45, 7) is 0. The van der Waals surface area contributed by atoms with Crippen LogP contribution in [0.3, 0.4) is 0 Å². The summed E-state index contributed by atoms with van der Waals surface area (Å²) >= 11 is 0. The van der Waals surface area contributed by atoms with Crippen molar-refractivity contribution in [2.45, 2.75) is 49.6 Å². The lowest BCUT2D eigenvalue weighted by Gasteiger charge is -2.62. The van der Waals surface area contributed by atoms with Gasteiger partial charge in [0.25, 0.3) is 11.8 Å². The molecule has 0 heterocycles. The maximum atomic E-state index is 12.9. The van der Waals surface area contributed by atoms with E-state index in [4.69, 9.17) is 0 Å². The van der Waals surface area contributed by atoms with E-state index in [1.165, 1.54) is 6.42 Å². The van der Waals surface area contributed by atoms with E-state index in [9.17, 15) is 9.59 Å². The highest BCUT2D eigenvalue weighted by Crippen LogP contribution is 2.57. The van der Waals surface area contributed by atoms with Gasteiger partial charge in [0.15, 0.2) is 0 Å². The fraction of sp³-hybridized carbons (Fsp3) is 0.417. The largest absolute Gasteiger partial charge is 0.346 e. The molecule has 0 atom stereocenters. The molecule has 2 N–H and O–H groups in total. The minimum Gasteiger partial charge on any atom is -0.346 e. The van der Waals surface area contributed by atoms with E-state index in [0.29, 0.717) is 23.0 Å². The van der Waals surface area contributed by atoms with Gasteiger partial charge in [-0.3, -0.25) is 9.59 Å². The van der Waals surface area contributed by atoms with Crippen LogP contribution in [0, 0.1) is 11.8 Å². The number of nitrogens with one attached hydrogen (secondary N) is 2. The monoisotopic (exact) mass is 374 g/mol. The van der Waals surface area contributed by atoms with Gasteiger partial charge < -0.3 is 10.6 Å². The lowest BCUT2D eigenvalue weighted by Crippen LogP contribution is -2.69. The molecular weight excluding hydrogens is 348 g/mol. The summed E-state index contributed by atoms with van der Waals surface area (Å²) < 4.78 is 0. The summed E-state index contributed by atoms with van der Waals surface area (Å²) in [6, 6.07) is 18.9. The van der Waals surface area contributed by atoms with Crippen molar-refractivity contribution in [1.29, 1.82) is 0 Å². The zero-order valence-electron chi connectivity index (χ0n) is 16.0. The first-order chi connectivity index (χ1) is 13.5. The number of carbonyl (C=O) groups is 2. The molecule has 2 aromatic rings. The third kappa shape index (κ3) is 3.11. The van der Waals surface area contributed by atoms with Gasteiger partial charge >= 0.3 is 0 Å². The van der Waals surface area contributed by atoms with Gasteiger partial charge in [-0.2, -0.15) is 0 Å². The van der Waals surface area contributed by atoms with E-state index in [1.54, 1.807) is 0 Å². The molecule has 0 unspecified atom stereocenters. The van der Waals surface area contributed by atoms with E-state index >= 15 is 0 Å². The van der Waals surface area contributed by atoms with Crippen LogP contribution in [0.5, 0.6) is 0 Å². The van der Waals surface area contributed by atoms with Gasteiger partial charge in [0.1, 0.15) is 0 Å². The Bertz CT molecular complexity index is 808. The highest BCUT2D eigenvalue weighted by Gasteiger charge is 2.58. The van der Waals surface area contributed by atoms with Crippen molar-refractivity contribution in [3.8, 4) is 0 Å². The first-order valence-electron chi connectivity index (χ1n) is 10.3. The molecule has 2 aromatic carbocycles. The first kappa shape index (κ1) is 17.5. The number of hydrogen-bond acceptors (Lipinski definition) is 2. The number of hydrogen-bond donors (Lipinski definition) is 2. The Hall–Kier alpha value is -2.62. The van der Waals surface area contributed by atoms with Crippen molar-refractivity contribution in [2.75, 3.05) is 0 Å². The Balaban J connectivity index is 1.38. The average molecular weight is 374 g/mol. The lowest BCUT2D eigenvalue weighted by molar-refractivity contribution is -0.0447. The van der Waals surface area contributed by atoms with Crippen molar-refractivity contribution in [3.05, 3.63) is 71.8 Å². The van der Waals surface area contributed by atoms with Crippen molar-refractivity contribution >= 4 is 11.8 Å². The van der Waals surface area contributed by atoms with Crippen LogP contribution in [0.4, 0.5) is 0 Å². The summed E-state index contributed by atoms with van der Waals surface area (Å²) in [4.78, 5) is 25.8. The summed E-state index contributed by atoms with van der Waals surface area (Å²) in [5.41, 5.74) is 1.03. The fourth-order valence-electron chi connectivity index (χ4n) is 6.36. The summed E-state index contributed by atoms with van der Waals surface area (Å²) in [6.07, 6.45) is 6.20. The second-order valence-electron chi connectivity index (χ2n) is 9.16. The minimum absolute atomic E-state index is 0.00656. The molecule has 6 rings (SSSR count). The van der Waals surface area contributed by atoms with Crippen LogP contribution in [-0.2, 0) is 0 Å². The standard InChI is InChI=1S/C24H26N2O2/c27-21(19-7-3-1-4-8-19)25-23-12-17-11-18(13-23)15-24(14-17,16-23)26-22(28)20-9-5-2-6-10-20/h1-10,17-18H,11-16H2,(H,25,27)(H,26,28). The van der Waals surface area contributed by atoms with Crippen LogP contribution < -0.4 is 10.6 Å². The van der Waals surface area contributed by atoms with Gasteiger partial charge in [-0.1, -0.05) is 36.4 Å². The lowest BCUT2D eigenvalue weighted by atomic mass is 9.49. The van der Waals surface area contributed by atoms with Crippen molar-refractivity contribution in [2.24, 2.45) is 11.8 Å². The number of rotatable bonds is 4. The van der Waals surface area contributed by atoms with Gasteiger partial charge in [0.05, 0.1) is 0 Å². The van der Waals surface area contributed by atoms with E-state index in [-0.39, 0.29) is 22.9 Å². The molecule has 0 spiro atoms. The summed E-state index contributed by atoms with van der Waals surface area (Å²) in [5.74, 6) is 1.17. The van der Waals surface area contributed by atoms with Gasteiger partial charge in [-0.15, -0.1) is 0 Å². The van der Waals surface area contributed by atoms with Gasteiger partial charge in [0, 0.05) is 22.2 Å². The highest BCUT2D eigenvalue weighted by atomic mass is 16.2. The molecule has 2 amide bonds. The van der Waals surface area contributed by atoms with Crippen LogP contribution in [-0.4, -0.2) is 22.9 Å². The van der Waals surface area contributed by atoms with Gasteiger partial charge in [-0.25, -0.2) is 0 Å². The molecule has 4 heteroatoms. The zero-order chi connectivity index (χ0) is 19.2. The molecule has 144 valence electrons. The third-order valence-electron chi connectivity index (χ3n) is 6.89. The number of benzene rings is 2. The highest BCUT2D eigenvalue weighted by molar-refractivity contribution is 5.95. The second-order valence-corrected chi connectivity index (χ2v) is 9.16. The molecule has 4 bridgehead atoms. The smallest absolute Gasteiger partial charge is 0.251 e. The third-order valence-corrected chi connectivity index (χ3v) is 6.89.